The van der Waals surface area contributed by atoms with Crippen molar-refractivity contribution >= 4 is 16.9 Å². The Morgan fingerprint density at radius 2 is 2.23 bits per heavy atom. The lowest BCUT2D eigenvalue weighted by Crippen LogP contribution is -2.46. The Labute approximate surface area is 127 Å². The van der Waals surface area contributed by atoms with Gasteiger partial charge < -0.3 is 19.8 Å². The summed E-state index contributed by atoms with van der Waals surface area (Å²) in [4.78, 5) is 23.1. The van der Waals surface area contributed by atoms with Gasteiger partial charge in [-0.15, -0.1) is 0 Å². The lowest BCUT2D eigenvalue weighted by Gasteiger charge is -2.23. The largest absolute Gasteiger partial charge is 0.484 e. The quantitative estimate of drug-likeness (QED) is 0.825. The first-order valence-electron chi connectivity index (χ1n) is 7.37. The number of fused-ring (bicyclic) bond motifs is 1. The van der Waals surface area contributed by atoms with E-state index < -0.39 is 5.63 Å². The third kappa shape index (κ3) is 3.65. The fourth-order valence-electron chi connectivity index (χ4n) is 2.52. The summed E-state index contributed by atoms with van der Waals surface area (Å²) in [5.41, 5.74) is 0.0362. The molecule has 6 heteroatoms. The van der Waals surface area contributed by atoms with Crippen molar-refractivity contribution in [3.05, 3.63) is 40.8 Å². The molecule has 1 aromatic carbocycles. The standard InChI is InChI=1S/C16H18N2O4/c19-15(18-12-2-1-7-17-9-12)10-21-13-5-3-11-4-6-16(20)22-14(11)8-13/h3-6,8,12,17H,1-2,7,9-10H2,(H,18,19). The predicted octanol–water partition coefficient (Wildman–Crippen LogP) is 1.04. The molecule has 1 atom stereocenters. The highest BCUT2D eigenvalue weighted by Gasteiger charge is 2.15. The van der Waals surface area contributed by atoms with E-state index in [1.54, 1.807) is 24.3 Å². The maximum Gasteiger partial charge on any atom is 0.336 e. The van der Waals surface area contributed by atoms with Gasteiger partial charge in [0.15, 0.2) is 6.61 Å². The summed E-state index contributed by atoms with van der Waals surface area (Å²) < 4.78 is 10.5. The van der Waals surface area contributed by atoms with Gasteiger partial charge in [0.1, 0.15) is 11.3 Å². The number of hydrogen-bond acceptors (Lipinski definition) is 5. The second kappa shape index (κ2) is 6.62. The number of rotatable bonds is 4. The fourth-order valence-corrected chi connectivity index (χ4v) is 2.52. The van der Waals surface area contributed by atoms with Gasteiger partial charge >= 0.3 is 5.63 Å². The Hall–Kier alpha value is -2.34. The van der Waals surface area contributed by atoms with Gasteiger partial charge in [-0.05, 0) is 37.6 Å². The minimum absolute atomic E-state index is 0.0565. The van der Waals surface area contributed by atoms with Gasteiger partial charge in [0.2, 0.25) is 0 Å². The van der Waals surface area contributed by atoms with Gasteiger partial charge in [0.25, 0.3) is 5.91 Å². The summed E-state index contributed by atoms with van der Waals surface area (Å²) in [5.74, 6) is 0.349. The Bertz CT molecular complexity index is 719. The molecule has 1 saturated heterocycles. The number of hydrogen-bond donors (Lipinski definition) is 2. The van der Waals surface area contributed by atoms with Crippen LogP contribution in [0.4, 0.5) is 0 Å². The van der Waals surface area contributed by atoms with Crippen molar-refractivity contribution in [1.29, 1.82) is 0 Å². The van der Waals surface area contributed by atoms with Crippen molar-refractivity contribution in [1.82, 2.24) is 10.6 Å². The molecule has 1 aromatic heterocycles. The van der Waals surface area contributed by atoms with Crippen LogP contribution in [0, 0.1) is 0 Å². The average molecular weight is 302 g/mol. The van der Waals surface area contributed by atoms with Crippen molar-refractivity contribution in [3.8, 4) is 5.75 Å². The lowest BCUT2D eigenvalue weighted by molar-refractivity contribution is -0.123. The fraction of sp³-hybridized carbons (Fsp3) is 0.375. The van der Waals surface area contributed by atoms with E-state index in [0.717, 1.165) is 31.3 Å². The van der Waals surface area contributed by atoms with Crippen LogP contribution in [0.15, 0.2) is 39.5 Å². The molecule has 1 aliphatic heterocycles. The Kier molecular flexibility index (Phi) is 4.39. The highest BCUT2D eigenvalue weighted by Crippen LogP contribution is 2.19. The van der Waals surface area contributed by atoms with Crippen molar-refractivity contribution in [3.63, 3.8) is 0 Å². The third-order valence-corrected chi connectivity index (χ3v) is 3.63. The molecule has 1 amide bonds. The first-order valence-corrected chi connectivity index (χ1v) is 7.37. The van der Waals surface area contributed by atoms with Crippen LogP contribution >= 0.6 is 0 Å². The summed E-state index contributed by atoms with van der Waals surface area (Å²) in [6.07, 6.45) is 2.05. The molecule has 0 bridgehead atoms. The molecule has 2 heterocycles. The summed E-state index contributed by atoms with van der Waals surface area (Å²) in [7, 11) is 0. The minimum atomic E-state index is -0.410. The van der Waals surface area contributed by atoms with Crippen molar-refractivity contribution < 1.29 is 13.9 Å². The molecule has 0 spiro atoms. The monoisotopic (exact) mass is 302 g/mol. The normalized spacial score (nSPS) is 18.1. The second-order valence-corrected chi connectivity index (χ2v) is 5.35. The average Bonchev–Trinajstić information content (AvgIpc) is 2.53. The van der Waals surface area contributed by atoms with Crippen LogP contribution in [0.1, 0.15) is 12.8 Å². The van der Waals surface area contributed by atoms with E-state index in [1.165, 1.54) is 6.07 Å². The predicted molar refractivity (Wildman–Crippen MR) is 82.0 cm³/mol. The van der Waals surface area contributed by atoms with E-state index in [2.05, 4.69) is 10.6 Å². The molecular formula is C16H18N2O4. The SMILES string of the molecule is O=C(COc1ccc2ccc(=O)oc2c1)NC1CCCNC1. The molecule has 1 unspecified atom stereocenters. The number of amides is 1. The van der Waals surface area contributed by atoms with Gasteiger partial charge in [0, 0.05) is 30.1 Å². The van der Waals surface area contributed by atoms with Gasteiger partial charge in [-0.1, -0.05) is 0 Å². The molecule has 2 N–H and O–H groups in total. The molecule has 0 saturated carbocycles. The molecule has 3 rings (SSSR count). The second-order valence-electron chi connectivity index (χ2n) is 5.35. The van der Waals surface area contributed by atoms with E-state index in [-0.39, 0.29) is 18.6 Å². The molecule has 0 aliphatic carbocycles. The van der Waals surface area contributed by atoms with Crippen LogP contribution in [-0.4, -0.2) is 31.6 Å². The number of carbonyl (C=O) groups excluding carboxylic acids is 1. The van der Waals surface area contributed by atoms with Gasteiger partial charge in [-0.25, -0.2) is 4.79 Å². The van der Waals surface area contributed by atoms with Gasteiger partial charge in [-0.3, -0.25) is 4.79 Å². The van der Waals surface area contributed by atoms with Crippen LogP contribution in [0.2, 0.25) is 0 Å². The maximum absolute atomic E-state index is 11.9. The highest BCUT2D eigenvalue weighted by molar-refractivity contribution is 5.79. The van der Waals surface area contributed by atoms with Crippen LogP contribution in [0.5, 0.6) is 5.75 Å². The first kappa shape index (κ1) is 14.6. The van der Waals surface area contributed by atoms with E-state index in [0.29, 0.717) is 11.3 Å². The molecule has 1 aliphatic rings. The number of piperidine rings is 1. The Morgan fingerprint density at radius 3 is 3.05 bits per heavy atom. The molecule has 2 aromatic rings. The zero-order valence-electron chi connectivity index (χ0n) is 12.1. The maximum atomic E-state index is 11.9. The van der Waals surface area contributed by atoms with Crippen molar-refractivity contribution in [2.24, 2.45) is 0 Å². The molecule has 6 nitrogen and oxygen atoms in total. The highest BCUT2D eigenvalue weighted by atomic mass is 16.5. The van der Waals surface area contributed by atoms with Gasteiger partial charge in [0.05, 0.1) is 0 Å². The lowest BCUT2D eigenvalue weighted by atomic mass is 10.1. The number of ether oxygens (including phenoxy) is 1. The minimum Gasteiger partial charge on any atom is -0.484 e. The van der Waals surface area contributed by atoms with Crippen molar-refractivity contribution in [2.45, 2.75) is 18.9 Å². The molecular weight excluding hydrogens is 284 g/mol. The van der Waals surface area contributed by atoms with Crippen LogP contribution < -0.4 is 21.0 Å². The van der Waals surface area contributed by atoms with Crippen LogP contribution in [-0.2, 0) is 4.79 Å². The summed E-state index contributed by atoms with van der Waals surface area (Å²) in [5, 5.41) is 6.99. The molecule has 0 radical (unpaired) electrons. The number of benzene rings is 1. The third-order valence-electron chi connectivity index (χ3n) is 3.63. The topological polar surface area (TPSA) is 80.6 Å². The molecule has 22 heavy (non-hydrogen) atoms. The Morgan fingerprint density at radius 1 is 1.36 bits per heavy atom. The van der Waals surface area contributed by atoms with Crippen molar-refractivity contribution in [2.75, 3.05) is 19.7 Å². The van der Waals surface area contributed by atoms with Gasteiger partial charge in [-0.2, -0.15) is 0 Å². The zero-order chi connectivity index (χ0) is 15.4. The van der Waals surface area contributed by atoms with E-state index >= 15 is 0 Å². The summed E-state index contributed by atoms with van der Waals surface area (Å²) >= 11 is 0. The Balaban J connectivity index is 1.58. The number of carbonyl (C=O) groups is 1. The number of nitrogens with one attached hydrogen (secondary N) is 2. The molecule has 1 fully saturated rings. The molecule has 116 valence electrons. The summed E-state index contributed by atoms with van der Waals surface area (Å²) in [6.45, 7) is 1.75. The van der Waals surface area contributed by atoms with E-state index in [9.17, 15) is 9.59 Å². The van der Waals surface area contributed by atoms with Crippen LogP contribution in [0.3, 0.4) is 0 Å². The first-order chi connectivity index (χ1) is 10.7. The smallest absolute Gasteiger partial charge is 0.336 e. The van der Waals surface area contributed by atoms with Crippen LogP contribution in [0.25, 0.3) is 11.0 Å². The van der Waals surface area contributed by atoms with E-state index in [4.69, 9.17) is 9.15 Å². The zero-order valence-corrected chi connectivity index (χ0v) is 12.1. The summed E-state index contributed by atoms with van der Waals surface area (Å²) in [6, 6.07) is 8.38. The van der Waals surface area contributed by atoms with E-state index in [1.807, 2.05) is 0 Å².